The molecule has 2 aromatic carbocycles. The Morgan fingerprint density at radius 1 is 1.11 bits per heavy atom. The Morgan fingerprint density at radius 3 is 2.57 bits per heavy atom. The van der Waals surface area contributed by atoms with Gasteiger partial charge >= 0.3 is 0 Å². The molecule has 1 heterocycles. The predicted octanol–water partition coefficient (Wildman–Crippen LogP) is 2.98. The average molecular weight is 397 g/mol. The highest BCUT2D eigenvalue weighted by Gasteiger charge is 2.12. The largest absolute Gasteiger partial charge is 0.497 e. The number of hydrogen-bond acceptors (Lipinski definition) is 6. The average Bonchev–Trinajstić information content (AvgIpc) is 2.73. The highest BCUT2D eigenvalue weighted by Crippen LogP contribution is 2.23. The van der Waals surface area contributed by atoms with Crippen LogP contribution in [0.2, 0.25) is 0 Å². The maximum Gasteiger partial charge on any atom is 0.287 e. The van der Waals surface area contributed by atoms with Crippen LogP contribution in [0.4, 0.5) is 5.69 Å². The molecule has 1 N–H and O–H groups in total. The molecule has 3 rings (SSSR count). The van der Waals surface area contributed by atoms with E-state index >= 15 is 0 Å². The first-order chi connectivity index (χ1) is 13.6. The van der Waals surface area contributed by atoms with E-state index in [2.05, 4.69) is 10.3 Å². The van der Waals surface area contributed by atoms with Crippen molar-refractivity contribution in [3.63, 3.8) is 0 Å². The first-order valence-electron chi connectivity index (χ1n) is 8.40. The van der Waals surface area contributed by atoms with Crippen molar-refractivity contribution >= 4 is 23.4 Å². The van der Waals surface area contributed by atoms with Gasteiger partial charge in [0.1, 0.15) is 11.5 Å². The minimum Gasteiger partial charge on any atom is -0.497 e. The van der Waals surface area contributed by atoms with Gasteiger partial charge in [0, 0.05) is 18.1 Å². The second-order valence-electron chi connectivity index (χ2n) is 5.64. The number of para-hydroxylation sites is 2. The number of carbonyl (C=O) groups excluding carboxylic acids is 1. The van der Waals surface area contributed by atoms with E-state index in [1.54, 1.807) is 55.8 Å². The number of methoxy groups -OCH3 is 2. The van der Waals surface area contributed by atoms with E-state index in [-0.39, 0.29) is 22.2 Å². The molecule has 0 aliphatic carbocycles. The van der Waals surface area contributed by atoms with Crippen molar-refractivity contribution in [2.24, 2.45) is 0 Å². The zero-order valence-electron chi connectivity index (χ0n) is 15.4. The lowest BCUT2D eigenvalue weighted by Gasteiger charge is -2.10. The number of anilines is 1. The van der Waals surface area contributed by atoms with Crippen LogP contribution in [0.1, 0.15) is 0 Å². The molecule has 0 aliphatic heterocycles. The third kappa shape index (κ3) is 4.52. The summed E-state index contributed by atoms with van der Waals surface area (Å²) in [6.45, 7) is 0. The second kappa shape index (κ2) is 9.09. The van der Waals surface area contributed by atoms with Gasteiger partial charge in [0.05, 0.1) is 25.7 Å². The molecular weight excluding hydrogens is 378 g/mol. The molecule has 1 amide bonds. The molecule has 0 spiro atoms. The maximum absolute atomic E-state index is 12.7. The first-order valence-corrected chi connectivity index (χ1v) is 9.38. The molecule has 0 atom stereocenters. The summed E-state index contributed by atoms with van der Waals surface area (Å²) in [4.78, 5) is 29.1. The molecule has 8 heteroatoms. The molecule has 0 bridgehead atoms. The van der Waals surface area contributed by atoms with Gasteiger partial charge in [-0.3, -0.25) is 14.2 Å². The quantitative estimate of drug-likeness (QED) is 0.617. The Hall–Kier alpha value is -3.26. The molecule has 0 saturated heterocycles. The van der Waals surface area contributed by atoms with Crippen LogP contribution in [-0.4, -0.2) is 35.4 Å². The fourth-order valence-electron chi connectivity index (χ4n) is 2.51. The van der Waals surface area contributed by atoms with Crippen LogP contribution in [0.25, 0.3) is 5.69 Å². The van der Waals surface area contributed by atoms with E-state index in [1.165, 1.54) is 17.9 Å². The minimum absolute atomic E-state index is 0.0485. The fraction of sp³-hybridized carbons (Fsp3) is 0.150. The summed E-state index contributed by atoms with van der Waals surface area (Å²) < 4.78 is 11.8. The van der Waals surface area contributed by atoms with Gasteiger partial charge in [-0.05, 0) is 36.4 Å². The van der Waals surface area contributed by atoms with Gasteiger partial charge in [0.25, 0.3) is 5.56 Å². The van der Waals surface area contributed by atoms with E-state index in [9.17, 15) is 9.59 Å². The number of amides is 1. The Bertz CT molecular complexity index is 1020. The van der Waals surface area contributed by atoms with Crippen LogP contribution in [0.5, 0.6) is 11.5 Å². The van der Waals surface area contributed by atoms with Gasteiger partial charge in [-0.2, -0.15) is 0 Å². The van der Waals surface area contributed by atoms with E-state index in [0.717, 1.165) is 11.8 Å². The van der Waals surface area contributed by atoms with Gasteiger partial charge in [0.2, 0.25) is 5.91 Å². The van der Waals surface area contributed by atoms with Gasteiger partial charge in [-0.15, -0.1) is 0 Å². The van der Waals surface area contributed by atoms with Gasteiger partial charge in [-0.25, -0.2) is 4.98 Å². The molecule has 7 nitrogen and oxygen atoms in total. The van der Waals surface area contributed by atoms with Crippen LogP contribution >= 0.6 is 11.8 Å². The monoisotopic (exact) mass is 397 g/mol. The predicted molar refractivity (Wildman–Crippen MR) is 109 cm³/mol. The summed E-state index contributed by atoms with van der Waals surface area (Å²) in [5.41, 5.74) is 0.976. The van der Waals surface area contributed by atoms with Crippen molar-refractivity contribution in [1.29, 1.82) is 0 Å². The van der Waals surface area contributed by atoms with Crippen LogP contribution in [-0.2, 0) is 4.79 Å². The van der Waals surface area contributed by atoms with Crippen LogP contribution < -0.4 is 20.3 Å². The third-order valence-corrected chi connectivity index (χ3v) is 4.84. The normalized spacial score (nSPS) is 10.4. The molecule has 0 radical (unpaired) electrons. The number of rotatable bonds is 7. The number of nitrogens with one attached hydrogen (secondary N) is 1. The summed E-state index contributed by atoms with van der Waals surface area (Å²) >= 11 is 1.08. The Morgan fingerprint density at radius 2 is 1.86 bits per heavy atom. The van der Waals surface area contributed by atoms with E-state index < -0.39 is 0 Å². The molecule has 1 aromatic heterocycles. The third-order valence-electron chi connectivity index (χ3n) is 3.88. The number of aromatic nitrogens is 2. The SMILES string of the molecule is COc1ccc(-n2ccnc(SCC(=O)Nc3ccccc3OC)c2=O)cc1. The van der Waals surface area contributed by atoms with Gasteiger partial charge < -0.3 is 14.8 Å². The molecule has 0 unspecified atom stereocenters. The van der Waals surface area contributed by atoms with Gasteiger partial charge in [-0.1, -0.05) is 23.9 Å². The van der Waals surface area contributed by atoms with Gasteiger partial charge in [0.15, 0.2) is 5.03 Å². The number of hydrogen-bond donors (Lipinski definition) is 1. The van der Waals surface area contributed by atoms with Crippen LogP contribution in [0.15, 0.2) is 70.7 Å². The fourth-order valence-corrected chi connectivity index (χ4v) is 3.20. The molecule has 3 aromatic rings. The Labute approximate surface area is 166 Å². The van der Waals surface area contributed by atoms with Crippen molar-refractivity contribution in [2.45, 2.75) is 5.03 Å². The molecule has 144 valence electrons. The second-order valence-corrected chi connectivity index (χ2v) is 6.61. The standard InChI is InChI=1S/C20H19N3O4S/c1-26-15-9-7-14(8-10-15)23-12-11-21-19(20(23)25)28-13-18(24)22-16-5-3-4-6-17(16)27-2/h3-12H,13H2,1-2H3,(H,22,24). The zero-order chi connectivity index (χ0) is 19.9. The van der Waals surface area contributed by atoms with Crippen molar-refractivity contribution in [3.8, 4) is 17.2 Å². The van der Waals surface area contributed by atoms with Crippen molar-refractivity contribution in [3.05, 3.63) is 71.3 Å². The number of benzene rings is 2. The lowest BCUT2D eigenvalue weighted by Crippen LogP contribution is -2.22. The number of ether oxygens (including phenoxy) is 2. The molecule has 0 saturated carbocycles. The van der Waals surface area contributed by atoms with Crippen LogP contribution in [0.3, 0.4) is 0 Å². The maximum atomic E-state index is 12.7. The summed E-state index contributed by atoms with van der Waals surface area (Å²) in [5.74, 6) is 1.07. The van der Waals surface area contributed by atoms with Crippen molar-refractivity contribution in [1.82, 2.24) is 9.55 Å². The summed E-state index contributed by atoms with van der Waals surface area (Å²) in [6, 6.07) is 14.2. The topological polar surface area (TPSA) is 82.5 Å². The summed E-state index contributed by atoms with van der Waals surface area (Å²) in [6.07, 6.45) is 3.12. The molecule has 0 fully saturated rings. The number of thioether (sulfide) groups is 1. The van der Waals surface area contributed by atoms with Crippen molar-refractivity contribution in [2.75, 3.05) is 25.3 Å². The minimum atomic E-state index is -0.289. The van der Waals surface area contributed by atoms with Crippen LogP contribution in [0, 0.1) is 0 Å². The highest BCUT2D eigenvalue weighted by molar-refractivity contribution is 7.99. The lowest BCUT2D eigenvalue weighted by atomic mass is 10.3. The highest BCUT2D eigenvalue weighted by atomic mass is 32.2. The van der Waals surface area contributed by atoms with E-state index in [1.807, 2.05) is 6.07 Å². The number of nitrogens with zero attached hydrogens (tertiary/aromatic N) is 2. The Kier molecular flexibility index (Phi) is 6.33. The summed E-state index contributed by atoms with van der Waals surface area (Å²) in [5, 5.41) is 3.02. The summed E-state index contributed by atoms with van der Waals surface area (Å²) in [7, 11) is 3.12. The molecular formula is C20H19N3O4S. The lowest BCUT2D eigenvalue weighted by molar-refractivity contribution is -0.113. The first kappa shape index (κ1) is 19.5. The Balaban J connectivity index is 1.71. The molecule has 28 heavy (non-hydrogen) atoms. The number of carbonyl (C=O) groups is 1. The van der Waals surface area contributed by atoms with Crippen molar-refractivity contribution < 1.29 is 14.3 Å². The smallest absolute Gasteiger partial charge is 0.287 e. The molecule has 0 aliphatic rings. The van der Waals surface area contributed by atoms with E-state index in [4.69, 9.17) is 9.47 Å². The van der Waals surface area contributed by atoms with E-state index in [0.29, 0.717) is 22.9 Å². The zero-order valence-corrected chi connectivity index (χ0v) is 16.2.